The fourth-order valence-electron chi connectivity index (χ4n) is 1.69. The zero-order valence-corrected chi connectivity index (χ0v) is 13.2. The van der Waals surface area contributed by atoms with Gasteiger partial charge in [-0.3, -0.25) is 15.0 Å². The number of hydrogen-bond donors (Lipinski definition) is 3. The molecule has 0 aliphatic carbocycles. The average molecular weight is 343 g/mol. The van der Waals surface area contributed by atoms with Gasteiger partial charge in [-0.15, -0.1) is 0 Å². The van der Waals surface area contributed by atoms with Crippen LogP contribution in [0.25, 0.3) is 0 Å². The first-order valence-electron chi connectivity index (χ1n) is 6.16. The molecule has 0 atom stereocenters. The molecule has 0 heterocycles. The predicted octanol–water partition coefficient (Wildman–Crippen LogP) is 0.620. The SMILES string of the molecule is CNC(=O)CCN(C)Cc1ccc(C(=O)NN)cc1Br. The highest BCUT2D eigenvalue weighted by molar-refractivity contribution is 9.10. The first-order chi connectivity index (χ1) is 9.47. The molecule has 0 unspecified atom stereocenters. The smallest absolute Gasteiger partial charge is 0.265 e. The van der Waals surface area contributed by atoms with Crippen LogP contribution >= 0.6 is 15.9 Å². The molecule has 7 heteroatoms. The molecule has 0 fully saturated rings. The molecule has 110 valence electrons. The monoisotopic (exact) mass is 342 g/mol. The van der Waals surface area contributed by atoms with Crippen LogP contribution in [-0.4, -0.2) is 37.4 Å². The maximum atomic E-state index is 11.4. The van der Waals surface area contributed by atoms with E-state index in [0.717, 1.165) is 10.0 Å². The molecule has 6 nitrogen and oxygen atoms in total. The lowest BCUT2D eigenvalue weighted by molar-refractivity contribution is -0.120. The second kappa shape index (κ2) is 7.98. The summed E-state index contributed by atoms with van der Waals surface area (Å²) in [5.41, 5.74) is 3.63. The number of nitrogens with one attached hydrogen (secondary N) is 2. The van der Waals surface area contributed by atoms with Crippen LogP contribution in [0.1, 0.15) is 22.3 Å². The Bertz CT molecular complexity index is 493. The fourth-order valence-corrected chi connectivity index (χ4v) is 2.19. The van der Waals surface area contributed by atoms with Crippen LogP contribution in [0.5, 0.6) is 0 Å². The first kappa shape index (κ1) is 16.6. The number of nitrogens with zero attached hydrogens (tertiary/aromatic N) is 1. The zero-order chi connectivity index (χ0) is 15.1. The third kappa shape index (κ3) is 4.92. The zero-order valence-electron chi connectivity index (χ0n) is 11.6. The largest absolute Gasteiger partial charge is 0.359 e. The second-order valence-electron chi connectivity index (χ2n) is 4.44. The van der Waals surface area contributed by atoms with Crippen molar-refractivity contribution in [1.82, 2.24) is 15.6 Å². The Morgan fingerprint density at radius 1 is 1.40 bits per heavy atom. The third-order valence-corrected chi connectivity index (χ3v) is 3.62. The minimum atomic E-state index is -0.328. The number of hydrazine groups is 1. The molecule has 0 saturated carbocycles. The number of nitrogens with two attached hydrogens (primary N) is 1. The Kier molecular flexibility index (Phi) is 6.63. The van der Waals surface area contributed by atoms with E-state index in [-0.39, 0.29) is 11.8 Å². The minimum Gasteiger partial charge on any atom is -0.359 e. The van der Waals surface area contributed by atoms with Crippen molar-refractivity contribution in [2.24, 2.45) is 5.84 Å². The van der Waals surface area contributed by atoms with Gasteiger partial charge in [0.1, 0.15) is 0 Å². The summed E-state index contributed by atoms with van der Waals surface area (Å²) >= 11 is 3.44. The summed E-state index contributed by atoms with van der Waals surface area (Å²) in [7, 11) is 3.57. The van der Waals surface area contributed by atoms with Gasteiger partial charge in [-0.2, -0.15) is 0 Å². The standard InChI is InChI=1S/C13H19BrN4O2/c1-16-12(19)5-6-18(2)8-10-4-3-9(7-11(10)14)13(20)17-15/h3-4,7H,5-6,8,15H2,1-2H3,(H,16,19)(H,17,20). The summed E-state index contributed by atoms with van der Waals surface area (Å²) in [6, 6.07) is 5.31. The Labute approximate surface area is 126 Å². The summed E-state index contributed by atoms with van der Waals surface area (Å²) in [6.45, 7) is 1.35. The number of benzene rings is 1. The number of rotatable bonds is 6. The minimum absolute atomic E-state index is 0.0193. The van der Waals surface area contributed by atoms with Gasteiger partial charge in [-0.1, -0.05) is 22.0 Å². The van der Waals surface area contributed by atoms with Gasteiger partial charge in [-0.25, -0.2) is 5.84 Å². The van der Waals surface area contributed by atoms with Gasteiger partial charge >= 0.3 is 0 Å². The predicted molar refractivity (Wildman–Crippen MR) is 80.8 cm³/mol. The van der Waals surface area contributed by atoms with Crippen molar-refractivity contribution in [3.8, 4) is 0 Å². The van der Waals surface area contributed by atoms with E-state index in [4.69, 9.17) is 5.84 Å². The van der Waals surface area contributed by atoms with E-state index in [1.54, 1.807) is 19.2 Å². The molecule has 1 rings (SSSR count). The highest BCUT2D eigenvalue weighted by atomic mass is 79.9. The van der Waals surface area contributed by atoms with Gasteiger partial charge in [0, 0.05) is 36.6 Å². The second-order valence-corrected chi connectivity index (χ2v) is 5.29. The third-order valence-electron chi connectivity index (χ3n) is 2.89. The van der Waals surface area contributed by atoms with E-state index in [2.05, 4.69) is 26.7 Å². The molecule has 1 aromatic rings. The van der Waals surface area contributed by atoms with Gasteiger partial charge < -0.3 is 10.2 Å². The summed E-state index contributed by atoms with van der Waals surface area (Å²) in [6.07, 6.45) is 0.457. The van der Waals surface area contributed by atoms with Crippen molar-refractivity contribution in [1.29, 1.82) is 0 Å². The quantitative estimate of drug-likeness (QED) is 0.401. The number of hydrogen-bond acceptors (Lipinski definition) is 4. The Morgan fingerprint density at radius 3 is 2.65 bits per heavy atom. The van der Waals surface area contributed by atoms with E-state index < -0.39 is 0 Å². The Balaban J connectivity index is 2.64. The summed E-state index contributed by atoms with van der Waals surface area (Å²) < 4.78 is 0.838. The molecule has 2 amide bonds. The van der Waals surface area contributed by atoms with Gasteiger partial charge in [0.25, 0.3) is 5.91 Å². The lowest BCUT2D eigenvalue weighted by atomic mass is 10.1. The van der Waals surface area contributed by atoms with Crippen molar-refractivity contribution in [3.05, 3.63) is 33.8 Å². The normalized spacial score (nSPS) is 10.4. The van der Waals surface area contributed by atoms with Crippen LogP contribution < -0.4 is 16.6 Å². The molecule has 1 aromatic carbocycles. The molecular formula is C13H19BrN4O2. The van der Waals surface area contributed by atoms with Crippen molar-refractivity contribution < 1.29 is 9.59 Å². The molecular weight excluding hydrogens is 324 g/mol. The molecule has 0 bridgehead atoms. The van der Waals surface area contributed by atoms with Crippen LogP contribution in [0.4, 0.5) is 0 Å². The molecule has 0 saturated heterocycles. The van der Waals surface area contributed by atoms with Crippen molar-refractivity contribution in [2.45, 2.75) is 13.0 Å². The number of carbonyl (C=O) groups excluding carboxylic acids is 2. The van der Waals surface area contributed by atoms with Crippen LogP contribution in [0, 0.1) is 0 Å². The summed E-state index contributed by atoms with van der Waals surface area (Å²) in [4.78, 5) is 24.6. The number of carbonyl (C=O) groups is 2. The Morgan fingerprint density at radius 2 is 2.10 bits per heavy atom. The maximum Gasteiger partial charge on any atom is 0.265 e. The van der Waals surface area contributed by atoms with E-state index in [1.807, 2.05) is 18.0 Å². The molecule has 0 aromatic heterocycles. The molecule has 0 aliphatic heterocycles. The maximum absolute atomic E-state index is 11.4. The van der Waals surface area contributed by atoms with Crippen LogP contribution in [0.2, 0.25) is 0 Å². The van der Waals surface area contributed by atoms with E-state index in [0.29, 0.717) is 25.1 Å². The molecule has 0 spiro atoms. The highest BCUT2D eigenvalue weighted by Crippen LogP contribution is 2.20. The molecule has 0 radical (unpaired) electrons. The summed E-state index contributed by atoms with van der Waals surface area (Å²) in [5.74, 6) is 4.78. The van der Waals surface area contributed by atoms with Crippen molar-refractivity contribution in [3.63, 3.8) is 0 Å². The Hall–Kier alpha value is -1.44. The topological polar surface area (TPSA) is 87.5 Å². The van der Waals surface area contributed by atoms with Crippen molar-refractivity contribution in [2.75, 3.05) is 20.6 Å². The van der Waals surface area contributed by atoms with E-state index >= 15 is 0 Å². The van der Waals surface area contributed by atoms with Crippen LogP contribution in [0.15, 0.2) is 22.7 Å². The van der Waals surface area contributed by atoms with Gasteiger partial charge in [-0.05, 0) is 24.7 Å². The average Bonchev–Trinajstić information content (AvgIpc) is 2.45. The number of halogens is 1. The summed E-state index contributed by atoms with van der Waals surface area (Å²) in [5, 5.41) is 2.59. The van der Waals surface area contributed by atoms with Crippen LogP contribution in [-0.2, 0) is 11.3 Å². The lowest BCUT2D eigenvalue weighted by Gasteiger charge is -2.17. The highest BCUT2D eigenvalue weighted by Gasteiger charge is 2.09. The van der Waals surface area contributed by atoms with Crippen LogP contribution in [0.3, 0.4) is 0 Å². The fraction of sp³-hybridized carbons (Fsp3) is 0.385. The van der Waals surface area contributed by atoms with E-state index in [1.165, 1.54) is 0 Å². The first-order valence-corrected chi connectivity index (χ1v) is 6.95. The van der Waals surface area contributed by atoms with E-state index in [9.17, 15) is 9.59 Å². The van der Waals surface area contributed by atoms with Crippen molar-refractivity contribution >= 4 is 27.7 Å². The van der Waals surface area contributed by atoms with Gasteiger partial charge in [0.05, 0.1) is 0 Å². The molecule has 20 heavy (non-hydrogen) atoms. The van der Waals surface area contributed by atoms with Gasteiger partial charge in [0.2, 0.25) is 5.91 Å². The van der Waals surface area contributed by atoms with Gasteiger partial charge in [0.15, 0.2) is 0 Å². The lowest BCUT2D eigenvalue weighted by Crippen LogP contribution is -2.30. The number of nitrogen functional groups attached to an aromatic ring is 1. The number of amides is 2. The molecule has 0 aliphatic rings. The molecule has 4 N–H and O–H groups in total.